The van der Waals surface area contributed by atoms with E-state index in [-0.39, 0.29) is 0 Å². The molecular formula is C16H17N7O3. The van der Waals surface area contributed by atoms with E-state index in [1.807, 2.05) is 40.7 Å². The molecule has 0 saturated heterocycles. The van der Waals surface area contributed by atoms with Gasteiger partial charge in [0.2, 0.25) is 5.95 Å². The van der Waals surface area contributed by atoms with Crippen LogP contribution in [0, 0.1) is 0 Å². The van der Waals surface area contributed by atoms with Crippen LogP contribution >= 0.6 is 0 Å². The molecule has 26 heavy (non-hydrogen) atoms. The second-order valence-corrected chi connectivity index (χ2v) is 6.02. The van der Waals surface area contributed by atoms with Gasteiger partial charge in [-0.05, 0) is 12.1 Å². The van der Waals surface area contributed by atoms with Crippen LogP contribution in [0.1, 0.15) is 0 Å². The lowest BCUT2D eigenvalue weighted by Crippen LogP contribution is -2.44. The first-order valence-electron chi connectivity index (χ1n) is 8.05. The monoisotopic (exact) mass is 355 g/mol. The van der Waals surface area contributed by atoms with Crippen molar-refractivity contribution < 1.29 is 4.79 Å². The maximum Gasteiger partial charge on any atom is 0.332 e. The zero-order valence-corrected chi connectivity index (χ0v) is 14.0. The number of hydrogen-bond acceptors (Lipinski definition) is 6. The predicted molar refractivity (Wildman–Crippen MR) is 95.0 cm³/mol. The second kappa shape index (κ2) is 5.85. The van der Waals surface area contributed by atoms with Gasteiger partial charge in [0, 0.05) is 25.8 Å². The van der Waals surface area contributed by atoms with Gasteiger partial charge in [-0.15, -0.1) is 0 Å². The summed E-state index contributed by atoms with van der Waals surface area (Å²) in [5.74, 6) is 5.04. The highest BCUT2D eigenvalue weighted by Gasteiger charge is 2.28. The molecule has 0 spiro atoms. The van der Waals surface area contributed by atoms with Crippen LogP contribution in [-0.4, -0.2) is 31.1 Å². The van der Waals surface area contributed by atoms with Gasteiger partial charge in [-0.25, -0.2) is 15.2 Å². The Morgan fingerprint density at radius 1 is 1.23 bits per heavy atom. The molecule has 3 heterocycles. The molecular weight excluding hydrogens is 338 g/mol. The van der Waals surface area contributed by atoms with E-state index in [1.165, 1.54) is 11.6 Å². The number of carbonyl (C=O) groups excluding carboxylic acids is 1. The second-order valence-electron chi connectivity index (χ2n) is 6.02. The number of hydrogen-bond donors (Lipinski definition) is 2. The quantitative estimate of drug-likeness (QED) is 0.355. The molecule has 3 aromatic rings. The molecule has 2 aromatic heterocycles. The number of benzene rings is 1. The van der Waals surface area contributed by atoms with Crippen LogP contribution in [-0.2, 0) is 24.9 Å². The Morgan fingerprint density at radius 3 is 2.65 bits per heavy atom. The van der Waals surface area contributed by atoms with Gasteiger partial charge in [0.1, 0.15) is 6.54 Å². The van der Waals surface area contributed by atoms with Crippen molar-refractivity contribution in [2.24, 2.45) is 12.9 Å². The normalized spacial score (nSPS) is 13.2. The van der Waals surface area contributed by atoms with Crippen LogP contribution in [0.4, 0.5) is 11.6 Å². The minimum absolute atomic E-state index is 0.292. The fourth-order valence-electron chi connectivity index (χ4n) is 3.26. The van der Waals surface area contributed by atoms with E-state index in [2.05, 4.69) is 4.98 Å². The number of rotatable bonds is 3. The number of anilines is 2. The van der Waals surface area contributed by atoms with Gasteiger partial charge < -0.3 is 9.47 Å². The maximum absolute atomic E-state index is 12.9. The van der Waals surface area contributed by atoms with Crippen LogP contribution in [0.2, 0.25) is 0 Å². The van der Waals surface area contributed by atoms with Gasteiger partial charge in [0.25, 0.3) is 11.5 Å². The third-order valence-corrected chi connectivity index (χ3v) is 4.53. The van der Waals surface area contributed by atoms with E-state index >= 15 is 0 Å². The van der Waals surface area contributed by atoms with Crippen molar-refractivity contribution >= 4 is 28.7 Å². The fourth-order valence-corrected chi connectivity index (χ4v) is 3.26. The summed E-state index contributed by atoms with van der Waals surface area (Å²) in [6.45, 7) is 0.770. The SMILES string of the molecule is Cn1c(=O)n(CC(=O)NN)c(=O)c2c1nc1n2CCN1c1ccccc1. The Labute approximate surface area is 147 Å². The Morgan fingerprint density at radius 2 is 1.96 bits per heavy atom. The first-order chi connectivity index (χ1) is 12.5. The van der Waals surface area contributed by atoms with Crippen LogP contribution in [0.5, 0.6) is 0 Å². The van der Waals surface area contributed by atoms with Crippen molar-refractivity contribution in [2.45, 2.75) is 13.1 Å². The molecule has 0 saturated carbocycles. The van der Waals surface area contributed by atoms with Crippen molar-refractivity contribution in [3.8, 4) is 0 Å². The number of carbonyl (C=O) groups is 1. The lowest BCUT2D eigenvalue weighted by Gasteiger charge is -2.15. The number of nitrogens with two attached hydrogens (primary N) is 1. The highest BCUT2D eigenvalue weighted by atomic mass is 16.2. The molecule has 3 N–H and O–H groups in total. The number of imidazole rings is 1. The van der Waals surface area contributed by atoms with Gasteiger partial charge in [0.05, 0.1) is 0 Å². The number of aryl methyl sites for hydroxylation is 1. The van der Waals surface area contributed by atoms with Gasteiger partial charge in [-0.1, -0.05) is 18.2 Å². The number of para-hydroxylation sites is 1. The number of aromatic nitrogens is 4. The Hall–Kier alpha value is -3.40. The summed E-state index contributed by atoms with van der Waals surface area (Å²) in [4.78, 5) is 43.4. The highest BCUT2D eigenvalue weighted by Crippen LogP contribution is 2.31. The molecule has 1 aliphatic heterocycles. The van der Waals surface area contributed by atoms with Crippen LogP contribution in [0.15, 0.2) is 39.9 Å². The molecule has 1 aliphatic rings. The van der Waals surface area contributed by atoms with E-state index < -0.39 is 23.7 Å². The molecule has 0 aliphatic carbocycles. The molecule has 1 amide bonds. The summed E-state index contributed by atoms with van der Waals surface area (Å²) in [5, 5.41) is 0. The van der Waals surface area contributed by atoms with E-state index in [0.717, 1.165) is 10.3 Å². The average molecular weight is 355 g/mol. The lowest BCUT2D eigenvalue weighted by atomic mass is 10.3. The zero-order valence-electron chi connectivity index (χ0n) is 14.0. The Bertz CT molecular complexity index is 1130. The first kappa shape index (κ1) is 16.1. The highest BCUT2D eigenvalue weighted by molar-refractivity contribution is 5.79. The summed E-state index contributed by atoms with van der Waals surface area (Å²) < 4.78 is 3.92. The molecule has 10 nitrogen and oxygen atoms in total. The van der Waals surface area contributed by atoms with E-state index in [9.17, 15) is 14.4 Å². The number of hydrazine groups is 1. The minimum atomic E-state index is -0.629. The molecule has 0 atom stereocenters. The number of amides is 1. The third-order valence-electron chi connectivity index (χ3n) is 4.53. The van der Waals surface area contributed by atoms with Crippen molar-refractivity contribution in [1.82, 2.24) is 24.1 Å². The predicted octanol–water partition coefficient (Wildman–Crippen LogP) is -0.962. The molecule has 0 fully saturated rings. The summed E-state index contributed by atoms with van der Waals surface area (Å²) in [6.07, 6.45) is 0. The molecule has 4 rings (SSSR count). The topological polar surface area (TPSA) is 120 Å². The Balaban J connectivity index is 1.94. The van der Waals surface area contributed by atoms with Crippen molar-refractivity contribution in [3.05, 3.63) is 51.2 Å². The number of nitrogens with zero attached hydrogens (tertiary/aromatic N) is 5. The summed E-state index contributed by atoms with van der Waals surface area (Å²) in [7, 11) is 1.52. The van der Waals surface area contributed by atoms with Crippen molar-refractivity contribution in [1.29, 1.82) is 0 Å². The summed E-state index contributed by atoms with van der Waals surface area (Å²) in [5.41, 5.74) is 2.30. The minimum Gasteiger partial charge on any atom is -0.310 e. The molecule has 0 radical (unpaired) electrons. The zero-order chi connectivity index (χ0) is 18.4. The molecule has 134 valence electrons. The standard InChI is InChI=1S/C16H17N7O3/c1-20-13-12(14(25)23(16(20)26)9-11(24)19-17)22-8-7-21(15(22)18-13)10-5-3-2-4-6-10/h2-6H,7-9,17H2,1H3,(H,19,24). The smallest absolute Gasteiger partial charge is 0.310 e. The Kier molecular flexibility index (Phi) is 3.62. The van der Waals surface area contributed by atoms with E-state index in [4.69, 9.17) is 5.84 Å². The van der Waals surface area contributed by atoms with E-state index in [1.54, 1.807) is 4.57 Å². The average Bonchev–Trinajstić information content (AvgIpc) is 3.23. The van der Waals surface area contributed by atoms with Gasteiger partial charge in [0.15, 0.2) is 11.2 Å². The van der Waals surface area contributed by atoms with Gasteiger partial charge in [-0.2, -0.15) is 4.98 Å². The first-order valence-corrected chi connectivity index (χ1v) is 8.05. The number of nitrogens with one attached hydrogen (secondary N) is 1. The van der Waals surface area contributed by atoms with Crippen LogP contribution in [0.25, 0.3) is 11.2 Å². The fraction of sp³-hybridized carbons (Fsp3) is 0.250. The van der Waals surface area contributed by atoms with E-state index in [0.29, 0.717) is 30.2 Å². The van der Waals surface area contributed by atoms with Gasteiger partial charge in [-0.3, -0.25) is 19.6 Å². The molecule has 1 aromatic carbocycles. The lowest BCUT2D eigenvalue weighted by molar-refractivity contribution is -0.121. The van der Waals surface area contributed by atoms with Crippen molar-refractivity contribution in [3.63, 3.8) is 0 Å². The van der Waals surface area contributed by atoms with Crippen LogP contribution < -0.4 is 27.4 Å². The van der Waals surface area contributed by atoms with Crippen molar-refractivity contribution in [2.75, 3.05) is 11.4 Å². The van der Waals surface area contributed by atoms with Gasteiger partial charge >= 0.3 is 5.69 Å². The molecule has 0 bridgehead atoms. The number of fused-ring (bicyclic) bond motifs is 3. The van der Waals surface area contributed by atoms with Crippen LogP contribution in [0.3, 0.4) is 0 Å². The molecule has 0 unspecified atom stereocenters. The largest absolute Gasteiger partial charge is 0.332 e. The maximum atomic E-state index is 12.9. The third kappa shape index (κ3) is 2.23. The molecule has 10 heteroatoms. The summed E-state index contributed by atoms with van der Waals surface area (Å²) in [6, 6.07) is 9.69. The summed E-state index contributed by atoms with van der Waals surface area (Å²) >= 11 is 0.